The van der Waals surface area contributed by atoms with Gasteiger partial charge in [-0.05, 0) is 12.1 Å². The van der Waals surface area contributed by atoms with Gasteiger partial charge in [-0.25, -0.2) is 0 Å². The molecule has 0 aliphatic carbocycles. The molecule has 2 aromatic rings. The third kappa shape index (κ3) is 5.11. The summed E-state index contributed by atoms with van der Waals surface area (Å²) < 4.78 is 0. The Hall–Kier alpha value is -0.514. The van der Waals surface area contributed by atoms with Gasteiger partial charge >= 0.3 is 23.1 Å². The average Bonchev–Trinajstić information content (AvgIpc) is 2.31. The molecule has 2 rings (SSSR count). The van der Waals surface area contributed by atoms with E-state index in [4.69, 9.17) is 0 Å². The molecule has 0 amide bonds. The van der Waals surface area contributed by atoms with Crippen molar-refractivity contribution in [2.45, 2.75) is 6.54 Å². The maximum Gasteiger partial charge on any atom is 2.00 e. The minimum atomic E-state index is 0. The number of benzene rings is 2. The first-order valence-corrected chi connectivity index (χ1v) is 5.08. The summed E-state index contributed by atoms with van der Waals surface area (Å²) in [6.45, 7) is 0.894. The SMILES string of the molecule is CN(Cc1[c-]cccc1)c1ccccc1.[Br-].[Mg+2]. The fourth-order valence-electron chi connectivity index (χ4n) is 1.56. The maximum atomic E-state index is 3.23. The number of hydrogen-bond donors (Lipinski definition) is 0. The molecule has 0 aliphatic rings. The molecule has 0 saturated carbocycles. The molecule has 0 radical (unpaired) electrons. The van der Waals surface area contributed by atoms with Crippen molar-refractivity contribution in [2.24, 2.45) is 0 Å². The van der Waals surface area contributed by atoms with Crippen LogP contribution in [-0.2, 0) is 6.54 Å². The Morgan fingerprint density at radius 3 is 2.24 bits per heavy atom. The Morgan fingerprint density at radius 1 is 1.00 bits per heavy atom. The standard InChI is InChI=1S/C14H14N.BrH.Mg/c1-15(14-10-6-3-7-11-14)12-13-8-4-2-5-9-13;;/h2-8,10-11H,12H2,1H3;1H;/q-1;;+2/p-1. The summed E-state index contributed by atoms with van der Waals surface area (Å²) in [4.78, 5) is 2.21. The van der Waals surface area contributed by atoms with Crippen LogP contribution >= 0.6 is 0 Å². The van der Waals surface area contributed by atoms with Crippen LogP contribution in [0, 0.1) is 6.07 Å². The quantitative estimate of drug-likeness (QED) is 0.558. The van der Waals surface area contributed by atoms with Crippen molar-refractivity contribution in [3.8, 4) is 0 Å². The van der Waals surface area contributed by atoms with Gasteiger partial charge in [0.2, 0.25) is 0 Å². The normalized spacial score (nSPS) is 8.76. The molecule has 0 aliphatic heterocycles. The van der Waals surface area contributed by atoms with E-state index in [0.29, 0.717) is 0 Å². The van der Waals surface area contributed by atoms with E-state index in [2.05, 4.69) is 48.3 Å². The third-order valence-corrected chi connectivity index (χ3v) is 2.38. The summed E-state index contributed by atoms with van der Waals surface area (Å²) in [5, 5.41) is 0. The molecule has 0 saturated heterocycles. The maximum absolute atomic E-state index is 3.23. The Morgan fingerprint density at radius 2 is 1.65 bits per heavy atom. The summed E-state index contributed by atoms with van der Waals surface area (Å²) in [5.41, 5.74) is 2.44. The van der Waals surface area contributed by atoms with Gasteiger partial charge in [-0.1, -0.05) is 18.2 Å². The van der Waals surface area contributed by atoms with Gasteiger partial charge in [0, 0.05) is 19.3 Å². The van der Waals surface area contributed by atoms with E-state index in [1.54, 1.807) is 0 Å². The molecule has 1 nitrogen and oxygen atoms in total. The van der Waals surface area contributed by atoms with Crippen molar-refractivity contribution >= 4 is 28.7 Å². The van der Waals surface area contributed by atoms with Crippen molar-refractivity contribution < 1.29 is 17.0 Å². The zero-order valence-electron chi connectivity index (χ0n) is 9.94. The van der Waals surface area contributed by atoms with Crippen LogP contribution < -0.4 is 21.9 Å². The van der Waals surface area contributed by atoms with E-state index >= 15 is 0 Å². The fourth-order valence-corrected chi connectivity index (χ4v) is 1.56. The number of rotatable bonds is 3. The smallest absolute Gasteiger partial charge is 1.00 e. The summed E-state index contributed by atoms with van der Waals surface area (Å²) in [5.74, 6) is 0. The second-order valence-electron chi connectivity index (χ2n) is 3.58. The van der Waals surface area contributed by atoms with Crippen LogP contribution in [0.2, 0.25) is 0 Å². The summed E-state index contributed by atoms with van der Waals surface area (Å²) in [7, 11) is 2.09. The van der Waals surface area contributed by atoms with E-state index in [0.717, 1.165) is 6.54 Å². The molecule has 0 unspecified atom stereocenters. The van der Waals surface area contributed by atoms with Crippen molar-refractivity contribution in [1.29, 1.82) is 0 Å². The fraction of sp³-hybridized carbons (Fsp3) is 0.143. The van der Waals surface area contributed by atoms with Gasteiger partial charge in [0.05, 0.1) is 0 Å². The molecule has 3 heteroatoms. The molecule has 0 bridgehead atoms. The van der Waals surface area contributed by atoms with Crippen molar-refractivity contribution in [3.63, 3.8) is 0 Å². The Kier molecular flexibility index (Phi) is 8.30. The Bertz CT molecular complexity index is 405. The Labute approximate surface area is 130 Å². The molecular weight excluding hydrogens is 286 g/mol. The first-order valence-electron chi connectivity index (χ1n) is 5.08. The second kappa shape index (κ2) is 8.56. The van der Waals surface area contributed by atoms with Gasteiger partial charge in [-0.15, -0.1) is 5.56 Å². The van der Waals surface area contributed by atoms with E-state index in [1.165, 1.54) is 11.3 Å². The van der Waals surface area contributed by atoms with Crippen LogP contribution in [0.1, 0.15) is 5.56 Å². The first kappa shape index (κ1) is 16.5. The summed E-state index contributed by atoms with van der Waals surface area (Å²) in [6.07, 6.45) is 0. The molecular formula is C14H14BrMgN. The van der Waals surface area contributed by atoms with Crippen LogP contribution in [0.3, 0.4) is 0 Å². The predicted octanol–water partition coefficient (Wildman–Crippen LogP) is -0.254. The first-order chi connectivity index (χ1) is 7.36. The topological polar surface area (TPSA) is 3.24 Å². The largest absolute Gasteiger partial charge is 2.00 e. The predicted molar refractivity (Wildman–Crippen MR) is 69.6 cm³/mol. The van der Waals surface area contributed by atoms with Crippen LogP contribution in [0.5, 0.6) is 0 Å². The van der Waals surface area contributed by atoms with Gasteiger partial charge in [0.15, 0.2) is 0 Å². The van der Waals surface area contributed by atoms with E-state index in [1.807, 2.05) is 24.3 Å². The van der Waals surface area contributed by atoms with E-state index in [-0.39, 0.29) is 40.0 Å². The van der Waals surface area contributed by atoms with Crippen molar-refractivity contribution in [1.82, 2.24) is 0 Å². The number of anilines is 1. The van der Waals surface area contributed by atoms with Crippen LogP contribution in [0.4, 0.5) is 5.69 Å². The van der Waals surface area contributed by atoms with Crippen LogP contribution in [-0.4, -0.2) is 30.1 Å². The average molecular weight is 300 g/mol. The number of hydrogen-bond acceptors (Lipinski definition) is 1. The van der Waals surface area contributed by atoms with Gasteiger partial charge in [-0.3, -0.25) is 0 Å². The molecule has 0 fully saturated rings. The molecule has 84 valence electrons. The van der Waals surface area contributed by atoms with Gasteiger partial charge in [-0.2, -0.15) is 30.3 Å². The van der Waals surface area contributed by atoms with Gasteiger partial charge in [0.25, 0.3) is 0 Å². The van der Waals surface area contributed by atoms with Crippen LogP contribution in [0.15, 0.2) is 54.6 Å². The monoisotopic (exact) mass is 299 g/mol. The Balaban J connectivity index is 0.00000128. The minimum Gasteiger partial charge on any atom is -1.00 e. The minimum absolute atomic E-state index is 0. The van der Waals surface area contributed by atoms with E-state index in [9.17, 15) is 0 Å². The van der Waals surface area contributed by atoms with Crippen LogP contribution in [0.25, 0.3) is 0 Å². The third-order valence-electron chi connectivity index (χ3n) is 2.38. The molecule has 0 aromatic heterocycles. The molecule has 0 atom stereocenters. The molecule has 17 heavy (non-hydrogen) atoms. The van der Waals surface area contributed by atoms with Crippen molar-refractivity contribution in [3.05, 3.63) is 66.2 Å². The number of nitrogens with zero attached hydrogens (tertiary/aromatic N) is 1. The molecule has 0 spiro atoms. The van der Waals surface area contributed by atoms with Gasteiger partial charge < -0.3 is 21.9 Å². The second-order valence-corrected chi connectivity index (χ2v) is 3.58. The number of halogens is 1. The molecule has 0 N–H and O–H groups in total. The van der Waals surface area contributed by atoms with Gasteiger partial charge in [0.1, 0.15) is 0 Å². The molecule has 2 aromatic carbocycles. The zero-order chi connectivity index (χ0) is 10.5. The van der Waals surface area contributed by atoms with Crippen molar-refractivity contribution in [2.75, 3.05) is 11.9 Å². The summed E-state index contributed by atoms with van der Waals surface area (Å²) >= 11 is 0. The van der Waals surface area contributed by atoms with E-state index < -0.39 is 0 Å². The summed E-state index contributed by atoms with van der Waals surface area (Å²) in [6, 6.07) is 21.7. The number of para-hydroxylation sites is 1. The molecule has 0 heterocycles. The zero-order valence-corrected chi connectivity index (χ0v) is 12.9.